The zero-order valence-electron chi connectivity index (χ0n) is 17.4. The molecule has 0 amide bonds. The molecule has 0 spiro atoms. The molecule has 1 aliphatic heterocycles. The number of piperazine rings is 1. The Balaban J connectivity index is 1.44. The van der Waals surface area contributed by atoms with Crippen molar-refractivity contribution < 1.29 is 13.2 Å². The molecular weight excluding hydrogens is 361 g/mol. The minimum Gasteiger partial charge on any atom is -0.369 e. The van der Waals surface area contributed by atoms with Crippen molar-refractivity contribution >= 4 is 5.69 Å². The Morgan fingerprint density at radius 2 is 1.50 bits per heavy atom. The third-order valence-electron chi connectivity index (χ3n) is 6.64. The standard InChI is InChI=1S/C23H35F3N2/c1-3-4-19-5-7-20(8-6-19)9-10-27-11-13-28(14-12-27)22-16-18(2)15-21(17-22)23(24,25)26/h15-17,19-20H,3-14H2,1-2H3. The molecule has 0 aromatic heterocycles. The number of aryl methyl sites for hydroxylation is 1. The molecular formula is C23H35F3N2. The van der Waals surface area contributed by atoms with Crippen LogP contribution in [0.5, 0.6) is 0 Å². The highest BCUT2D eigenvalue weighted by atomic mass is 19.4. The maximum atomic E-state index is 13.1. The lowest BCUT2D eigenvalue weighted by Crippen LogP contribution is -2.47. The average molecular weight is 397 g/mol. The van der Waals surface area contributed by atoms with E-state index in [-0.39, 0.29) is 0 Å². The molecule has 1 heterocycles. The first kappa shape index (κ1) is 21.5. The zero-order valence-corrected chi connectivity index (χ0v) is 17.4. The van der Waals surface area contributed by atoms with Crippen LogP contribution in [-0.2, 0) is 6.18 Å². The molecule has 0 N–H and O–H groups in total. The summed E-state index contributed by atoms with van der Waals surface area (Å²) in [4.78, 5) is 4.60. The molecule has 3 rings (SSSR count). The third-order valence-corrected chi connectivity index (χ3v) is 6.64. The number of hydrogen-bond donors (Lipinski definition) is 0. The topological polar surface area (TPSA) is 6.48 Å². The van der Waals surface area contributed by atoms with E-state index in [4.69, 9.17) is 0 Å². The molecule has 0 atom stereocenters. The summed E-state index contributed by atoms with van der Waals surface area (Å²) in [5, 5.41) is 0. The highest BCUT2D eigenvalue weighted by Gasteiger charge is 2.31. The second kappa shape index (κ2) is 9.51. The van der Waals surface area contributed by atoms with Crippen molar-refractivity contribution in [1.29, 1.82) is 0 Å². The Morgan fingerprint density at radius 3 is 2.07 bits per heavy atom. The monoisotopic (exact) mass is 396 g/mol. The summed E-state index contributed by atoms with van der Waals surface area (Å²) >= 11 is 0. The number of anilines is 1. The highest BCUT2D eigenvalue weighted by Crippen LogP contribution is 2.34. The summed E-state index contributed by atoms with van der Waals surface area (Å²) in [6, 6.07) is 4.41. The van der Waals surface area contributed by atoms with Crippen LogP contribution in [0.15, 0.2) is 18.2 Å². The summed E-state index contributed by atoms with van der Waals surface area (Å²) in [6.07, 6.45) is 5.28. The first-order chi connectivity index (χ1) is 13.3. The first-order valence-electron chi connectivity index (χ1n) is 11.0. The van der Waals surface area contributed by atoms with E-state index >= 15 is 0 Å². The molecule has 158 valence electrons. The SMILES string of the molecule is CCCC1CCC(CCN2CCN(c3cc(C)cc(C(F)(F)F)c3)CC2)CC1. The molecule has 2 fully saturated rings. The van der Waals surface area contributed by atoms with Crippen LogP contribution in [0.3, 0.4) is 0 Å². The van der Waals surface area contributed by atoms with Crippen LogP contribution >= 0.6 is 0 Å². The van der Waals surface area contributed by atoms with Crippen LogP contribution in [-0.4, -0.2) is 37.6 Å². The Morgan fingerprint density at radius 1 is 0.893 bits per heavy atom. The van der Waals surface area contributed by atoms with Crippen LogP contribution in [0.4, 0.5) is 18.9 Å². The van der Waals surface area contributed by atoms with Crippen molar-refractivity contribution in [2.24, 2.45) is 11.8 Å². The van der Waals surface area contributed by atoms with E-state index < -0.39 is 11.7 Å². The Kier molecular flexibility index (Phi) is 7.30. The van der Waals surface area contributed by atoms with Crippen molar-refractivity contribution in [1.82, 2.24) is 4.90 Å². The van der Waals surface area contributed by atoms with Crippen LogP contribution in [0.1, 0.15) is 63.0 Å². The quantitative estimate of drug-likeness (QED) is 0.570. The number of hydrogen-bond acceptors (Lipinski definition) is 2. The summed E-state index contributed by atoms with van der Waals surface area (Å²) in [5.74, 6) is 1.83. The second-order valence-electron chi connectivity index (χ2n) is 8.85. The maximum Gasteiger partial charge on any atom is 0.416 e. The molecule has 0 radical (unpaired) electrons. The van der Waals surface area contributed by atoms with E-state index in [2.05, 4.69) is 16.7 Å². The number of benzene rings is 1. The van der Waals surface area contributed by atoms with Crippen LogP contribution < -0.4 is 4.90 Å². The van der Waals surface area contributed by atoms with Crippen molar-refractivity contribution in [2.75, 3.05) is 37.6 Å². The molecule has 0 bridgehead atoms. The lowest BCUT2D eigenvalue weighted by Gasteiger charge is -2.37. The number of rotatable bonds is 6. The van der Waals surface area contributed by atoms with Gasteiger partial charge in [-0.3, -0.25) is 4.90 Å². The van der Waals surface area contributed by atoms with Gasteiger partial charge in [-0.15, -0.1) is 0 Å². The fraction of sp³-hybridized carbons (Fsp3) is 0.739. The molecule has 1 aromatic carbocycles. The minimum absolute atomic E-state index is 0.538. The number of halogens is 3. The lowest BCUT2D eigenvalue weighted by atomic mass is 9.79. The Hall–Kier alpha value is -1.23. The van der Waals surface area contributed by atoms with Crippen molar-refractivity contribution in [3.63, 3.8) is 0 Å². The minimum atomic E-state index is -4.28. The molecule has 2 aliphatic rings. The summed E-state index contributed by atoms with van der Waals surface area (Å²) in [5.41, 5.74) is 0.843. The molecule has 5 heteroatoms. The highest BCUT2D eigenvalue weighted by molar-refractivity contribution is 5.52. The van der Waals surface area contributed by atoms with Crippen LogP contribution in [0.25, 0.3) is 0 Å². The molecule has 1 saturated carbocycles. The van der Waals surface area contributed by atoms with Gasteiger partial charge in [0.15, 0.2) is 0 Å². The van der Waals surface area contributed by atoms with E-state index in [0.29, 0.717) is 11.3 Å². The average Bonchev–Trinajstić information content (AvgIpc) is 2.67. The molecule has 1 aromatic rings. The smallest absolute Gasteiger partial charge is 0.369 e. The second-order valence-corrected chi connectivity index (χ2v) is 8.85. The van der Waals surface area contributed by atoms with E-state index in [1.54, 1.807) is 6.92 Å². The van der Waals surface area contributed by atoms with E-state index in [1.165, 1.54) is 57.1 Å². The van der Waals surface area contributed by atoms with Crippen molar-refractivity contribution in [2.45, 2.75) is 65.0 Å². The van der Waals surface area contributed by atoms with Gasteiger partial charge in [0.25, 0.3) is 0 Å². The molecule has 2 nitrogen and oxygen atoms in total. The van der Waals surface area contributed by atoms with Gasteiger partial charge in [-0.2, -0.15) is 13.2 Å². The Labute approximate surface area is 168 Å². The van der Waals surface area contributed by atoms with Gasteiger partial charge >= 0.3 is 6.18 Å². The molecule has 1 aliphatic carbocycles. The van der Waals surface area contributed by atoms with Gasteiger partial charge in [-0.05, 0) is 55.5 Å². The molecule has 28 heavy (non-hydrogen) atoms. The summed E-state index contributed by atoms with van der Waals surface area (Å²) in [6.45, 7) is 8.67. The predicted molar refractivity (Wildman–Crippen MR) is 110 cm³/mol. The first-order valence-corrected chi connectivity index (χ1v) is 11.0. The fourth-order valence-electron chi connectivity index (χ4n) is 4.92. The molecule has 1 saturated heterocycles. The lowest BCUT2D eigenvalue weighted by molar-refractivity contribution is -0.137. The van der Waals surface area contributed by atoms with Gasteiger partial charge in [0, 0.05) is 31.9 Å². The van der Waals surface area contributed by atoms with Crippen molar-refractivity contribution in [3.8, 4) is 0 Å². The van der Waals surface area contributed by atoms with Gasteiger partial charge in [0.2, 0.25) is 0 Å². The van der Waals surface area contributed by atoms with Gasteiger partial charge in [0.1, 0.15) is 0 Å². The van der Waals surface area contributed by atoms with Gasteiger partial charge in [-0.25, -0.2) is 0 Å². The number of nitrogens with zero attached hydrogens (tertiary/aromatic N) is 2. The van der Waals surface area contributed by atoms with E-state index in [1.807, 2.05) is 6.07 Å². The largest absolute Gasteiger partial charge is 0.416 e. The summed E-state index contributed by atoms with van der Waals surface area (Å²) in [7, 11) is 0. The summed E-state index contributed by atoms with van der Waals surface area (Å²) < 4.78 is 39.3. The van der Waals surface area contributed by atoms with Crippen LogP contribution in [0.2, 0.25) is 0 Å². The van der Waals surface area contributed by atoms with E-state index in [0.717, 1.165) is 44.6 Å². The normalized spacial score (nSPS) is 24.5. The van der Waals surface area contributed by atoms with Gasteiger partial charge in [0.05, 0.1) is 5.56 Å². The van der Waals surface area contributed by atoms with Gasteiger partial charge < -0.3 is 4.90 Å². The van der Waals surface area contributed by atoms with E-state index in [9.17, 15) is 13.2 Å². The third kappa shape index (κ3) is 5.88. The fourth-order valence-corrected chi connectivity index (χ4v) is 4.92. The maximum absolute atomic E-state index is 13.1. The predicted octanol–water partition coefficient (Wildman–Crippen LogP) is 6.13. The Bertz CT molecular complexity index is 613. The molecule has 0 unspecified atom stereocenters. The van der Waals surface area contributed by atoms with Gasteiger partial charge in [-0.1, -0.05) is 45.4 Å². The number of alkyl halides is 3. The van der Waals surface area contributed by atoms with Crippen molar-refractivity contribution in [3.05, 3.63) is 29.3 Å². The van der Waals surface area contributed by atoms with Crippen LogP contribution in [0, 0.1) is 18.8 Å². The zero-order chi connectivity index (χ0) is 20.1.